The summed E-state index contributed by atoms with van der Waals surface area (Å²) in [7, 11) is -29.6. The molecule has 36 heteroatoms. The Hall–Kier alpha value is -8.66. The minimum absolute atomic E-state index is 0.0105. The molecule has 81 heavy (non-hydrogen) atoms. The SMILES string of the molecule is O=S(=O)(O)c1ccc(N=Nc2ccc(N=Nc3c(S(=O)(=O)O)cc4cc(NCNc5ccc6c(O)c(N=Nc7ccc(N=Nc8ccc(S(=O)(=O)O)cc8)cc7S(=O)(=O)O)c(S(=O)(=O)O)cc6c5)ccc4c3O)c(S(=O)(=O)O)c2)cc1. The van der Waals surface area contributed by atoms with E-state index in [-0.39, 0.29) is 62.3 Å². The van der Waals surface area contributed by atoms with E-state index < -0.39 is 124 Å². The second-order valence-electron chi connectivity index (χ2n) is 16.5. The molecule has 0 atom stereocenters. The summed E-state index contributed by atoms with van der Waals surface area (Å²) < 4.78 is 204. The number of hydrogen-bond donors (Lipinski definition) is 10. The third-order valence-corrected chi connectivity index (χ3v) is 16.3. The van der Waals surface area contributed by atoms with Crippen molar-refractivity contribution in [2.24, 2.45) is 40.9 Å². The number of rotatable bonds is 18. The molecule has 0 aliphatic carbocycles. The van der Waals surface area contributed by atoms with E-state index in [1.807, 2.05) is 0 Å². The second kappa shape index (κ2) is 22.1. The van der Waals surface area contributed by atoms with Gasteiger partial charge in [0.05, 0.1) is 39.2 Å². The van der Waals surface area contributed by atoms with Crippen LogP contribution in [-0.2, 0) is 60.7 Å². The van der Waals surface area contributed by atoms with E-state index in [1.165, 1.54) is 60.7 Å². The van der Waals surface area contributed by atoms with Crippen LogP contribution in [0.25, 0.3) is 21.5 Å². The largest absolute Gasteiger partial charge is 0.505 e. The predicted octanol–water partition coefficient (Wildman–Crippen LogP) is 10.0. The molecule has 0 bridgehead atoms. The zero-order valence-corrected chi connectivity index (χ0v) is 44.8. The average molecular weight is 1230 g/mol. The minimum atomic E-state index is -5.21. The first-order valence-corrected chi connectivity index (χ1v) is 30.5. The molecule has 0 aliphatic heterocycles. The fourth-order valence-corrected chi connectivity index (χ4v) is 10.8. The van der Waals surface area contributed by atoms with Gasteiger partial charge in [0.25, 0.3) is 60.7 Å². The van der Waals surface area contributed by atoms with Crippen molar-refractivity contribution in [3.8, 4) is 11.5 Å². The Balaban J connectivity index is 1.00. The van der Waals surface area contributed by atoms with E-state index in [4.69, 9.17) is 9.11 Å². The van der Waals surface area contributed by atoms with E-state index in [0.717, 1.165) is 72.8 Å². The molecule has 8 aromatic rings. The van der Waals surface area contributed by atoms with E-state index in [2.05, 4.69) is 51.5 Å². The van der Waals surface area contributed by atoms with E-state index in [9.17, 15) is 78.9 Å². The molecule has 0 aromatic heterocycles. The number of phenolic OH excluding ortho intramolecular Hbond substituents is 2. The molecule has 0 unspecified atom stereocenters. The number of nitrogens with one attached hydrogen (secondary N) is 2. The van der Waals surface area contributed by atoms with Gasteiger partial charge in [-0.05, 0) is 144 Å². The highest BCUT2D eigenvalue weighted by atomic mass is 32.2. The van der Waals surface area contributed by atoms with Gasteiger partial charge in [-0.15, -0.1) is 20.5 Å². The normalized spacial score (nSPS) is 13.1. The van der Waals surface area contributed by atoms with Crippen LogP contribution in [0.3, 0.4) is 0 Å². The Morgan fingerprint density at radius 2 is 0.642 bits per heavy atom. The number of phenols is 2. The smallest absolute Gasteiger partial charge is 0.296 e. The van der Waals surface area contributed by atoms with Gasteiger partial charge in [0.15, 0.2) is 11.5 Å². The maximum atomic E-state index is 12.6. The Morgan fingerprint density at radius 1 is 0.321 bits per heavy atom. The van der Waals surface area contributed by atoms with Gasteiger partial charge in [-0.25, -0.2) is 0 Å². The zero-order chi connectivity index (χ0) is 59.0. The molecule has 420 valence electrons. The lowest BCUT2D eigenvalue weighted by Gasteiger charge is -2.14. The molecule has 0 fully saturated rings. The topological polar surface area (TPSA) is 490 Å². The molecule has 0 radical (unpaired) electrons. The summed E-state index contributed by atoms with van der Waals surface area (Å²) in [6.45, 7) is -0.120. The van der Waals surface area contributed by atoms with Crippen LogP contribution in [0.5, 0.6) is 11.5 Å². The van der Waals surface area contributed by atoms with Gasteiger partial charge in [-0.3, -0.25) is 27.3 Å². The summed E-state index contributed by atoms with van der Waals surface area (Å²) in [5.41, 5.74) is -2.53. The molecular formula is C45H34N10O20S6. The zero-order valence-electron chi connectivity index (χ0n) is 39.9. The first-order chi connectivity index (χ1) is 37.7. The first-order valence-electron chi connectivity index (χ1n) is 21.8. The number of azo groups is 4. The van der Waals surface area contributed by atoms with Crippen molar-refractivity contribution in [3.05, 3.63) is 133 Å². The van der Waals surface area contributed by atoms with Gasteiger partial charge in [0, 0.05) is 22.1 Å². The quantitative estimate of drug-likeness (QED) is 0.0217. The molecule has 0 amide bonds. The highest BCUT2D eigenvalue weighted by molar-refractivity contribution is 7.87. The molecule has 0 heterocycles. The van der Waals surface area contributed by atoms with Gasteiger partial charge in [0.2, 0.25) is 0 Å². The van der Waals surface area contributed by atoms with Crippen molar-refractivity contribution >= 4 is 139 Å². The van der Waals surface area contributed by atoms with Gasteiger partial charge >= 0.3 is 0 Å². The Bertz CT molecular complexity index is 4440. The maximum Gasteiger partial charge on any atom is 0.296 e. The fourth-order valence-electron chi connectivity index (χ4n) is 7.27. The minimum Gasteiger partial charge on any atom is -0.505 e. The maximum absolute atomic E-state index is 12.6. The Morgan fingerprint density at radius 3 is 0.963 bits per heavy atom. The molecule has 0 saturated carbocycles. The lowest BCUT2D eigenvalue weighted by molar-refractivity contribution is 0.471. The molecule has 0 spiro atoms. The number of fused-ring (bicyclic) bond motifs is 2. The van der Waals surface area contributed by atoms with E-state index in [0.29, 0.717) is 0 Å². The number of nitrogens with zero attached hydrogens (tertiary/aromatic N) is 8. The summed E-state index contributed by atoms with van der Waals surface area (Å²) in [4.78, 5) is -4.64. The van der Waals surface area contributed by atoms with Crippen LogP contribution in [0.15, 0.2) is 204 Å². The molecule has 30 nitrogen and oxygen atoms in total. The third kappa shape index (κ3) is 13.9. The van der Waals surface area contributed by atoms with Crippen LogP contribution in [-0.4, -0.2) is 94.7 Å². The molecule has 0 aliphatic rings. The van der Waals surface area contributed by atoms with Crippen LogP contribution in [0, 0.1) is 0 Å². The van der Waals surface area contributed by atoms with Crippen molar-refractivity contribution in [2.45, 2.75) is 29.4 Å². The van der Waals surface area contributed by atoms with Gasteiger partial charge in [0.1, 0.15) is 42.3 Å². The van der Waals surface area contributed by atoms with Crippen molar-refractivity contribution in [1.82, 2.24) is 0 Å². The summed E-state index contributed by atoms with van der Waals surface area (Å²) in [5.74, 6) is -1.68. The average Bonchev–Trinajstić information content (AvgIpc) is 3.55. The highest BCUT2D eigenvalue weighted by Crippen LogP contribution is 2.45. The molecule has 8 rings (SSSR count). The number of aromatic hydroxyl groups is 2. The van der Waals surface area contributed by atoms with Gasteiger partial charge < -0.3 is 20.8 Å². The van der Waals surface area contributed by atoms with Crippen LogP contribution < -0.4 is 10.6 Å². The number of hydrogen-bond acceptors (Lipinski definition) is 24. The van der Waals surface area contributed by atoms with Crippen molar-refractivity contribution < 1.29 is 88.0 Å². The summed E-state index contributed by atoms with van der Waals surface area (Å²) in [5, 5.41) is 58.6. The van der Waals surface area contributed by atoms with Crippen molar-refractivity contribution in [2.75, 3.05) is 17.3 Å². The van der Waals surface area contributed by atoms with E-state index >= 15 is 0 Å². The number of benzene rings is 8. The molecule has 8 aromatic carbocycles. The van der Waals surface area contributed by atoms with Gasteiger partial charge in [-0.1, -0.05) is 0 Å². The molecule has 10 N–H and O–H groups in total. The standard InChI is InChI=1S/C45H34N10O20S6/c56-44-34-13-5-28(17-24(34)19-40(80(70,71)72)42(44)54-52-36-15-7-30(21-38(36)78(64,65)66)50-48-26-1-9-32(10-2-26)76(58,59)60)46-23-47-29-6-14-35-25(18-29)20-41(81(73,74)75)43(45(35)57)55-53-37-16-8-31(22-39(37)79(67,68)69)51-49-27-3-11-33(12-4-27)77(61,62)63/h1-22,46-47,56-57H,23H2,(H,58,59,60)(H,61,62,63)(H,64,65,66)(H,67,68,69)(H,70,71,72)(H,73,74,75). The molecular weight excluding hydrogens is 1190 g/mol. The van der Waals surface area contributed by atoms with Crippen LogP contribution in [0.4, 0.5) is 56.9 Å². The Kier molecular flexibility index (Phi) is 16.0. The first kappa shape index (κ1) is 58.5. The third-order valence-electron chi connectivity index (χ3n) is 11.0. The van der Waals surface area contributed by atoms with Crippen LogP contribution >= 0.6 is 0 Å². The highest BCUT2D eigenvalue weighted by Gasteiger charge is 2.26. The van der Waals surface area contributed by atoms with E-state index in [1.54, 1.807) is 0 Å². The lowest BCUT2D eigenvalue weighted by Crippen LogP contribution is -2.11. The predicted molar refractivity (Wildman–Crippen MR) is 285 cm³/mol. The fraction of sp³-hybridized carbons (Fsp3) is 0.0222. The second-order valence-corrected chi connectivity index (χ2v) is 24.9. The summed E-state index contributed by atoms with van der Waals surface area (Å²) >= 11 is 0. The van der Waals surface area contributed by atoms with Crippen LogP contribution in [0.1, 0.15) is 0 Å². The van der Waals surface area contributed by atoms with Crippen LogP contribution in [0.2, 0.25) is 0 Å². The number of anilines is 2. The summed E-state index contributed by atoms with van der Waals surface area (Å²) in [6.07, 6.45) is 0. The molecule has 0 saturated heterocycles. The monoisotopic (exact) mass is 1230 g/mol. The van der Waals surface area contributed by atoms with Crippen molar-refractivity contribution in [1.29, 1.82) is 0 Å². The van der Waals surface area contributed by atoms with Crippen molar-refractivity contribution in [3.63, 3.8) is 0 Å². The Labute approximate surface area is 457 Å². The van der Waals surface area contributed by atoms with Gasteiger partial charge in [-0.2, -0.15) is 71.0 Å². The summed E-state index contributed by atoms with van der Waals surface area (Å²) in [6, 6.07) is 24.8. The lowest BCUT2D eigenvalue weighted by atomic mass is 10.1.